The molecule has 0 saturated carbocycles. The van der Waals surface area contributed by atoms with Crippen LogP contribution in [0.25, 0.3) is 0 Å². The summed E-state index contributed by atoms with van der Waals surface area (Å²) < 4.78 is 26.3. The lowest BCUT2D eigenvalue weighted by molar-refractivity contribution is -0.122. The van der Waals surface area contributed by atoms with E-state index in [4.69, 9.17) is 0 Å². The molecule has 0 bridgehead atoms. The van der Waals surface area contributed by atoms with Crippen LogP contribution in [0, 0.1) is 11.6 Å². The minimum atomic E-state index is -1.10. The summed E-state index contributed by atoms with van der Waals surface area (Å²) in [6.07, 6.45) is 0. The number of benzene rings is 1. The van der Waals surface area contributed by atoms with Crippen molar-refractivity contribution in [1.82, 2.24) is 10.6 Å². The summed E-state index contributed by atoms with van der Waals surface area (Å²) in [5, 5.41) is 6.61. The third kappa shape index (κ3) is 3.43. The van der Waals surface area contributed by atoms with Gasteiger partial charge < -0.3 is 10.6 Å². The number of hydrogen-bond acceptors (Lipinski definition) is 3. The Hall–Kier alpha value is -2.28. The molecule has 2 aromatic rings. The zero-order valence-corrected chi connectivity index (χ0v) is 11.8. The highest BCUT2D eigenvalue weighted by Gasteiger charge is 2.23. The summed E-state index contributed by atoms with van der Waals surface area (Å²) in [5.41, 5.74) is 0.165. The lowest BCUT2D eigenvalue weighted by Gasteiger charge is -2.17. The average molecular weight is 310 g/mol. The zero-order valence-electron chi connectivity index (χ0n) is 11.0. The molecule has 1 atom stereocenters. The molecule has 0 saturated heterocycles. The smallest absolute Gasteiger partial charge is 0.262 e. The lowest BCUT2D eigenvalue weighted by atomic mass is 10.1. The summed E-state index contributed by atoms with van der Waals surface area (Å²) in [5.74, 6) is -3.07. The van der Waals surface area contributed by atoms with Crippen LogP contribution in [0.5, 0.6) is 0 Å². The quantitative estimate of drug-likeness (QED) is 0.910. The predicted octanol–water partition coefficient (Wildman–Crippen LogP) is 2.24. The molecule has 1 heterocycles. The SMILES string of the molecule is CNC(=O)C(NC(=O)c1cccs1)c1ccc(F)c(F)c1. The minimum Gasteiger partial charge on any atom is -0.357 e. The maximum atomic E-state index is 13.3. The van der Waals surface area contributed by atoms with E-state index in [0.717, 1.165) is 12.1 Å². The number of likely N-dealkylation sites (N-methyl/N-ethyl adjacent to an activating group) is 1. The van der Waals surface area contributed by atoms with Crippen molar-refractivity contribution >= 4 is 23.2 Å². The molecule has 0 spiro atoms. The van der Waals surface area contributed by atoms with E-state index >= 15 is 0 Å². The first-order valence-corrected chi connectivity index (χ1v) is 6.92. The van der Waals surface area contributed by atoms with E-state index in [2.05, 4.69) is 10.6 Å². The Balaban J connectivity index is 2.28. The van der Waals surface area contributed by atoms with E-state index in [1.807, 2.05) is 0 Å². The summed E-state index contributed by atoms with van der Waals surface area (Å²) >= 11 is 1.22. The molecule has 0 fully saturated rings. The van der Waals surface area contributed by atoms with Crippen LogP contribution >= 0.6 is 11.3 Å². The molecule has 110 valence electrons. The first-order valence-electron chi connectivity index (χ1n) is 6.04. The molecule has 1 unspecified atom stereocenters. The van der Waals surface area contributed by atoms with E-state index in [1.165, 1.54) is 24.5 Å². The van der Waals surface area contributed by atoms with E-state index in [-0.39, 0.29) is 5.56 Å². The third-order valence-electron chi connectivity index (χ3n) is 2.81. The molecule has 1 aromatic carbocycles. The van der Waals surface area contributed by atoms with Crippen molar-refractivity contribution in [2.75, 3.05) is 7.05 Å². The Labute approximate surface area is 123 Å². The second-order valence-electron chi connectivity index (χ2n) is 4.17. The molecular formula is C14H12F2N2O2S. The molecule has 4 nitrogen and oxygen atoms in total. The summed E-state index contributed by atoms with van der Waals surface area (Å²) in [6, 6.07) is 5.27. The Bertz CT molecular complexity index is 659. The van der Waals surface area contributed by atoms with E-state index in [9.17, 15) is 18.4 Å². The number of hydrogen-bond donors (Lipinski definition) is 2. The number of amides is 2. The van der Waals surface area contributed by atoms with E-state index < -0.39 is 29.5 Å². The van der Waals surface area contributed by atoms with Gasteiger partial charge in [-0.2, -0.15) is 0 Å². The molecule has 2 rings (SSSR count). The van der Waals surface area contributed by atoms with Crippen molar-refractivity contribution in [2.45, 2.75) is 6.04 Å². The minimum absolute atomic E-state index is 0.165. The number of halogens is 2. The lowest BCUT2D eigenvalue weighted by Crippen LogP contribution is -2.38. The molecule has 2 N–H and O–H groups in total. The van der Waals surface area contributed by atoms with E-state index in [0.29, 0.717) is 4.88 Å². The van der Waals surface area contributed by atoms with Gasteiger partial charge in [0.25, 0.3) is 5.91 Å². The van der Waals surface area contributed by atoms with Crippen molar-refractivity contribution in [3.63, 3.8) is 0 Å². The molecular weight excluding hydrogens is 298 g/mol. The predicted molar refractivity (Wildman–Crippen MR) is 75.0 cm³/mol. The summed E-state index contributed by atoms with van der Waals surface area (Å²) in [7, 11) is 1.40. The van der Waals surface area contributed by atoms with Crippen LogP contribution < -0.4 is 10.6 Å². The number of carbonyl (C=O) groups is 2. The molecule has 7 heteroatoms. The van der Waals surface area contributed by atoms with Gasteiger partial charge in [-0.3, -0.25) is 9.59 Å². The van der Waals surface area contributed by atoms with Gasteiger partial charge in [-0.05, 0) is 29.1 Å². The van der Waals surface area contributed by atoms with Gasteiger partial charge in [-0.1, -0.05) is 12.1 Å². The highest BCUT2D eigenvalue weighted by Crippen LogP contribution is 2.18. The maximum absolute atomic E-state index is 13.3. The van der Waals surface area contributed by atoms with Crippen LogP contribution in [-0.2, 0) is 4.79 Å². The first kappa shape index (κ1) is 15.1. The van der Waals surface area contributed by atoms with Gasteiger partial charge in [-0.15, -0.1) is 11.3 Å². The Morgan fingerprint density at radius 3 is 2.52 bits per heavy atom. The molecule has 0 aliphatic rings. The second-order valence-corrected chi connectivity index (χ2v) is 5.12. The van der Waals surface area contributed by atoms with Crippen LogP contribution in [0.1, 0.15) is 21.3 Å². The first-order chi connectivity index (χ1) is 10.0. The Morgan fingerprint density at radius 1 is 1.19 bits per heavy atom. The van der Waals surface area contributed by atoms with E-state index in [1.54, 1.807) is 17.5 Å². The van der Waals surface area contributed by atoms with Gasteiger partial charge in [0.2, 0.25) is 5.91 Å². The molecule has 0 aliphatic heterocycles. The molecule has 1 aromatic heterocycles. The average Bonchev–Trinajstić information content (AvgIpc) is 3.01. The van der Waals surface area contributed by atoms with Crippen molar-refractivity contribution in [3.05, 3.63) is 57.8 Å². The third-order valence-corrected chi connectivity index (χ3v) is 3.67. The normalized spacial score (nSPS) is 11.8. The van der Waals surface area contributed by atoms with Gasteiger partial charge in [0.15, 0.2) is 11.6 Å². The number of carbonyl (C=O) groups excluding carboxylic acids is 2. The van der Waals surface area contributed by atoms with Crippen LogP contribution in [-0.4, -0.2) is 18.9 Å². The number of nitrogens with one attached hydrogen (secondary N) is 2. The summed E-state index contributed by atoms with van der Waals surface area (Å²) in [6.45, 7) is 0. The maximum Gasteiger partial charge on any atom is 0.262 e. The zero-order chi connectivity index (χ0) is 15.4. The highest BCUT2D eigenvalue weighted by atomic mass is 32.1. The Kier molecular flexibility index (Phi) is 4.64. The highest BCUT2D eigenvalue weighted by molar-refractivity contribution is 7.12. The van der Waals surface area contributed by atoms with Crippen LogP contribution in [0.2, 0.25) is 0 Å². The fourth-order valence-electron chi connectivity index (χ4n) is 1.75. The fourth-order valence-corrected chi connectivity index (χ4v) is 2.37. The summed E-state index contributed by atoms with van der Waals surface area (Å²) in [4.78, 5) is 24.3. The monoisotopic (exact) mass is 310 g/mol. The van der Waals surface area contributed by atoms with Gasteiger partial charge >= 0.3 is 0 Å². The topological polar surface area (TPSA) is 58.2 Å². The van der Waals surface area contributed by atoms with Crippen LogP contribution in [0.4, 0.5) is 8.78 Å². The van der Waals surface area contributed by atoms with Crippen molar-refractivity contribution in [1.29, 1.82) is 0 Å². The fraction of sp³-hybridized carbons (Fsp3) is 0.143. The van der Waals surface area contributed by atoms with Gasteiger partial charge in [-0.25, -0.2) is 8.78 Å². The molecule has 0 aliphatic carbocycles. The van der Waals surface area contributed by atoms with Crippen LogP contribution in [0.3, 0.4) is 0 Å². The molecule has 0 radical (unpaired) electrons. The van der Waals surface area contributed by atoms with Crippen molar-refractivity contribution < 1.29 is 18.4 Å². The van der Waals surface area contributed by atoms with Crippen molar-refractivity contribution in [2.24, 2.45) is 0 Å². The van der Waals surface area contributed by atoms with Gasteiger partial charge in [0.1, 0.15) is 6.04 Å². The standard InChI is InChI=1S/C14H12F2N2O2S/c1-17-14(20)12(8-4-5-9(15)10(16)7-8)18-13(19)11-3-2-6-21-11/h2-7,12H,1H3,(H,17,20)(H,18,19). The van der Waals surface area contributed by atoms with Gasteiger partial charge in [0.05, 0.1) is 4.88 Å². The van der Waals surface area contributed by atoms with Gasteiger partial charge in [0, 0.05) is 7.05 Å². The number of rotatable bonds is 4. The molecule has 21 heavy (non-hydrogen) atoms. The van der Waals surface area contributed by atoms with Crippen molar-refractivity contribution in [3.8, 4) is 0 Å². The largest absolute Gasteiger partial charge is 0.357 e. The van der Waals surface area contributed by atoms with Crippen LogP contribution in [0.15, 0.2) is 35.7 Å². The number of thiophene rings is 1. The molecule has 2 amide bonds. The Morgan fingerprint density at radius 2 is 1.95 bits per heavy atom. The second kappa shape index (κ2) is 6.45.